The van der Waals surface area contributed by atoms with Crippen molar-refractivity contribution in [1.82, 2.24) is 0 Å². The van der Waals surface area contributed by atoms with Gasteiger partial charge in [0, 0.05) is 12.8 Å². The summed E-state index contributed by atoms with van der Waals surface area (Å²) in [6.45, 7) is 1.12. The monoisotopic (exact) mass is 274 g/mol. The van der Waals surface area contributed by atoms with E-state index in [0.29, 0.717) is 26.1 Å². The van der Waals surface area contributed by atoms with E-state index in [4.69, 9.17) is 17.6 Å². The van der Waals surface area contributed by atoms with E-state index in [2.05, 4.69) is 24.0 Å². The number of rotatable bonds is 6. The molecule has 0 unspecified atom stereocenters. The molecular formula is C20H18O. The fourth-order valence-electron chi connectivity index (χ4n) is 2.23. The minimum Gasteiger partial charge on any atom is -0.372 e. The quantitative estimate of drug-likeness (QED) is 0.729. The molecule has 0 amide bonds. The second kappa shape index (κ2) is 7.95. The van der Waals surface area contributed by atoms with Crippen LogP contribution in [0.3, 0.4) is 0 Å². The van der Waals surface area contributed by atoms with E-state index in [0.717, 1.165) is 22.3 Å². The van der Waals surface area contributed by atoms with Crippen LogP contribution < -0.4 is 0 Å². The molecule has 0 aliphatic rings. The molecule has 104 valence electrons. The molecule has 0 fully saturated rings. The van der Waals surface area contributed by atoms with Gasteiger partial charge in [-0.15, -0.1) is 24.7 Å². The van der Waals surface area contributed by atoms with E-state index in [9.17, 15) is 0 Å². The molecule has 0 N–H and O–H groups in total. The van der Waals surface area contributed by atoms with Crippen molar-refractivity contribution >= 4 is 0 Å². The Hall–Kier alpha value is -2.48. The third kappa shape index (κ3) is 4.25. The van der Waals surface area contributed by atoms with E-state index in [1.165, 1.54) is 0 Å². The lowest BCUT2D eigenvalue weighted by molar-refractivity contribution is 0.106. The molecule has 0 aliphatic carbocycles. The molecule has 2 rings (SSSR count). The second-order valence-corrected chi connectivity index (χ2v) is 4.79. The van der Waals surface area contributed by atoms with Crippen LogP contribution in [-0.2, 0) is 30.8 Å². The summed E-state index contributed by atoms with van der Waals surface area (Å²) in [6, 6.07) is 16.2. The Morgan fingerprint density at radius 2 is 1.05 bits per heavy atom. The molecular weight excluding hydrogens is 256 g/mol. The third-order valence-electron chi connectivity index (χ3n) is 3.34. The first-order valence-electron chi connectivity index (χ1n) is 6.93. The fraction of sp³-hybridized carbons (Fsp3) is 0.200. The predicted octanol–water partition coefficient (Wildman–Crippen LogP) is 3.75. The largest absolute Gasteiger partial charge is 0.372 e. The highest BCUT2D eigenvalue weighted by atomic mass is 16.5. The lowest BCUT2D eigenvalue weighted by Crippen LogP contribution is -2.00. The van der Waals surface area contributed by atoms with Gasteiger partial charge in [0.15, 0.2) is 0 Å². The van der Waals surface area contributed by atoms with Gasteiger partial charge < -0.3 is 4.74 Å². The summed E-state index contributed by atoms with van der Waals surface area (Å²) in [5.74, 6) is 5.36. The van der Waals surface area contributed by atoms with Crippen molar-refractivity contribution < 1.29 is 4.74 Å². The molecule has 0 spiro atoms. The van der Waals surface area contributed by atoms with Gasteiger partial charge in [0.25, 0.3) is 0 Å². The van der Waals surface area contributed by atoms with Crippen LogP contribution in [0.4, 0.5) is 0 Å². The Morgan fingerprint density at radius 1 is 0.667 bits per heavy atom. The van der Waals surface area contributed by atoms with Crippen molar-refractivity contribution in [3.8, 4) is 24.7 Å². The molecule has 0 atom stereocenters. The fourth-order valence-corrected chi connectivity index (χ4v) is 2.23. The van der Waals surface area contributed by atoms with Gasteiger partial charge in [0.05, 0.1) is 13.2 Å². The average Bonchev–Trinajstić information content (AvgIpc) is 2.51. The molecule has 0 radical (unpaired) electrons. The number of terminal acetylenes is 2. The van der Waals surface area contributed by atoms with Crippen LogP contribution in [-0.4, -0.2) is 0 Å². The maximum absolute atomic E-state index is 5.84. The zero-order chi connectivity index (χ0) is 14.9. The van der Waals surface area contributed by atoms with Crippen LogP contribution in [0.25, 0.3) is 0 Å². The van der Waals surface area contributed by atoms with Gasteiger partial charge in [-0.1, -0.05) is 48.5 Å². The normalized spacial score (nSPS) is 9.81. The summed E-state index contributed by atoms with van der Waals surface area (Å²) in [6.07, 6.45) is 12.0. The van der Waals surface area contributed by atoms with Crippen LogP contribution >= 0.6 is 0 Å². The van der Waals surface area contributed by atoms with Crippen LogP contribution in [0.5, 0.6) is 0 Å². The number of benzene rings is 2. The standard InChI is InChI=1S/C20H18O/c1-3-9-17-11-5-7-13-19(17)15-21-16-20-14-8-6-12-18(20)10-4-2/h1-2,5-8,11-14H,9-10,15-16H2. The van der Waals surface area contributed by atoms with Gasteiger partial charge >= 0.3 is 0 Å². The summed E-state index contributed by atoms with van der Waals surface area (Å²) in [7, 11) is 0. The van der Waals surface area contributed by atoms with E-state index in [1.807, 2.05) is 36.4 Å². The molecule has 0 aliphatic heterocycles. The van der Waals surface area contributed by atoms with Gasteiger partial charge in [0.2, 0.25) is 0 Å². The van der Waals surface area contributed by atoms with E-state index >= 15 is 0 Å². The first-order valence-corrected chi connectivity index (χ1v) is 6.93. The molecule has 1 nitrogen and oxygen atoms in total. The predicted molar refractivity (Wildman–Crippen MR) is 86.5 cm³/mol. The molecule has 0 heterocycles. The first-order chi connectivity index (χ1) is 10.3. The maximum Gasteiger partial charge on any atom is 0.0724 e. The van der Waals surface area contributed by atoms with Crippen molar-refractivity contribution in [2.45, 2.75) is 26.1 Å². The van der Waals surface area contributed by atoms with Crippen LogP contribution in [0.2, 0.25) is 0 Å². The topological polar surface area (TPSA) is 9.23 Å². The summed E-state index contributed by atoms with van der Waals surface area (Å²) in [4.78, 5) is 0. The summed E-state index contributed by atoms with van der Waals surface area (Å²) in [5.41, 5.74) is 4.59. The second-order valence-electron chi connectivity index (χ2n) is 4.79. The number of hydrogen-bond acceptors (Lipinski definition) is 1. The Bertz CT molecular complexity index is 611. The molecule has 2 aromatic rings. The average molecular weight is 274 g/mol. The highest BCUT2D eigenvalue weighted by Gasteiger charge is 2.03. The summed E-state index contributed by atoms with van der Waals surface area (Å²) in [5, 5.41) is 0. The molecule has 0 bridgehead atoms. The van der Waals surface area contributed by atoms with Crippen LogP contribution in [0.15, 0.2) is 48.5 Å². The Balaban J connectivity index is 1.99. The van der Waals surface area contributed by atoms with Crippen LogP contribution in [0.1, 0.15) is 22.3 Å². The zero-order valence-corrected chi connectivity index (χ0v) is 12.0. The van der Waals surface area contributed by atoms with Crippen molar-refractivity contribution in [2.75, 3.05) is 0 Å². The zero-order valence-electron chi connectivity index (χ0n) is 12.0. The SMILES string of the molecule is C#CCc1ccccc1COCc1ccccc1CC#C. The number of ether oxygens (including phenoxy) is 1. The number of hydrogen-bond donors (Lipinski definition) is 0. The summed E-state index contributed by atoms with van der Waals surface area (Å²) >= 11 is 0. The Labute approximate surface area is 127 Å². The highest BCUT2D eigenvalue weighted by molar-refractivity contribution is 5.31. The Morgan fingerprint density at radius 3 is 1.43 bits per heavy atom. The minimum absolute atomic E-state index is 0.558. The first kappa shape index (κ1) is 14.9. The van der Waals surface area contributed by atoms with E-state index < -0.39 is 0 Å². The smallest absolute Gasteiger partial charge is 0.0724 e. The summed E-state index contributed by atoms with van der Waals surface area (Å²) < 4.78 is 5.84. The Kier molecular flexibility index (Phi) is 5.65. The van der Waals surface area contributed by atoms with Gasteiger partial charge in [0.1, 0.15) is 0 Å². The van der Waals surface area contributed by atoms with Gasteiger partial charge in [-0.3, -0.25) is 0 Å². The molecule has 0 saturated carbocycles. The third-order valence-corrected chi connectivity index (χ3v) is 3.34. The van der Waals surface area contributed by atoms with Crippen molar-refractivity contribution in [1.29, 1.82) is 0 Å². The van der Waals surface area contributed by atoms with Crippen LogP contribution in [0, 0.1) is 24.7 Å². The van der Waals surface area contributed by atoms with Crippen molar-refractivity contribution in [2.24, 2.45) is 0 Å². The molecule has 0 aromatic heterocycles. The lowest BCUT2D eigenvalue weighted by Gasteiger charge is -2.10. The molecule has 0 saturated heterocycles. The van der Waals surface area contributed by atoms with Crippen molar-refractivity contribution in [3.63, 3.8) is 0 Å². The maximum atomic E-state index is 5.84. The van der Waals surface area contributed by atoms with Gasteiger partial charge in [-0.2, -0.15) is 0 Å². The molecule has 21 heavy (non-hydrogen) atoms. The van der Waals surface area contributed by atoms with Gasteiger partial charge in [-0.05, 0) is 22.3 Å². The lowest BCUT2D eigenvalue weighted by atomic mass is 10.0. The molecule has 1 heteroatoms. The minimum atomic E-state index is 0.558. The van der Waals surface area contributed by atoms with Crippen molar-refractivity contribution in [3.05, 3.63) is 70.8 Å². The van der Waals surface area contributed by atoms with E-state index in [-0.39, 0.29) is 0 Å². The highest BCUT2D eigenvalue weighted by Crippen LogP contribution is 2.14. The molecule has 2 aromatic carbocycles. The van der Waals surface area contributed by atoms with E-state index in [1.54, 1.807) is 0 Å². The van der Waals surface area contributed by atoms with Gasteiger partial charge in [-0.25, -0.2) is 0 Å².